The lowest BCUT2D eigenvalue weighted by atomic mass is 10.1. The van der Waals surface area contributed by atoms with Crippen molar-refractivity contribution < 1.29 is 0 Å². The fourth-order valence-corrected chi connectivity index (χ4v) is 2.13. The first-order valence-corrected chi connectivity index (χ1v) is 7.24. The van der Waals surface area contributed by atoms with Crippen LogP contribution in [-0.4, -0.2) is 24.5 Å². The van der Waals surface area contributed by atoms with Gasteiger partial charge in [-0.25, -0.2) is 0 Å². The van der Waals surface area contributed by atoms with Crippen LogP contribution in [0, 0.1) is 0 Å². The van der Waals surface area contributed by atoms with E-state index in [0.29, 0.717) is 6.54 Å². The summed E-state index contributed by atoms with van der Waals surface area (Å²) in [6.45, 7) is 1.44. The van der Waals surface area contributed by atoms with E-state index in [4.69, 9.17) is 11.6 Å². The van der Waals surface area contributed by atoms with Gasteiger partial charge in [0.25, 0.3) is 0 Å². The Hall–Kier alpha value is -1.34. The molecule has 0 fully saturated rings. The molecule has 0 aliphatic heterocycles. The number of nitrogens with zero attached hydrogens (tertiary/aromatic N) is 2. The molecule has 2 N–H and O–H groups in total. The quantitative estimate of drug-likeness (QED) is 0.435. The van der Waals surface area contributed by atoms with E-state index >= 15 is 0 Å². The standard InChI is InChI=1S/C16H19ClN4.HI/c1-18-16(21-12-15-7-2-3-9-19-15)20-10-8-13-5-4-6-14(17)11-13;/h2-7,9,11H,8,10,12H2,1H3,(H2,18,20,21);1H. The molecule has 0 atom stereocenters. The summed E-state index contributed by atoms with van der Waals surface area (Å²) in [5, 5.41) is 7.28. The predicted octanol–water partition coefficient (Wildman–Crippen LogP) is 3.26. The smallest absolute Gasteiger partial charge is 0.191 e. The van der Waals surface area contributed by atoms with Gasteiger partial charge < -0.3 is 10.6 Å². The average Bonchev–Trinajstić information content (AvgIpc) is 2.52. The highest BCUT2D eigenvalue weighted by molar-refractivity contribution is 14.0. The van der Waals surface area contributed by atoms with E-state index in [9.17, 15) is 0 Å². The highest BCUT2D eigenvalue weighted by Gasteiger charge is 1.99. The van der Waals surface area contributed by atoms with Crippen LogP contribution in [0.2, 0.25) is 5.02 Å². The Bertz CT molecular complexity index is 590. The maximum absolute atomic E-state index is 5.97. The predicted molar refractivity (Wildman–Crippen MR) is 103 cm³/mol. The van der Waals surface area contributed by atoms with Crippen LogP contribution in [0.4, 0.5) is 0 Å². The summed E-state index contributed by atoms with van der Waals surface area (Å²) in [7, 11) is 1.76. The third-order valence-electron chi connectivity index (χ3n) is 2.98. The fourth-order valence-electron chi connectivity index (χ4n) is 1.92. The highest BCUT2D eigenvalue weighted by Crippen LogP contribution is 2.10. The molecule has 0 spiro atoms. The monoisotopic (exact) mass is 430 g/mol. The van der Waals surface area contributed by atoms with Gasteiger partial charge in [0.05, 0.1) is 12.2 Å². The van der Waals surface area contributed by atoms with Gasteiger partial charge >= 0.3 is 0 Å². The van der Waals surface area contributed by atoms with E-state index in [2.05, 4.69) is 26.7 Å². The second-order valence-electron chi connectivity index (χ2n) is 4.55. The zero-order valence-electron chi connectivity index (χ0n) is 12.4. The second-order valence-corrected chi connectivity index (χ2v) is 4.99. The van der Waals surface area contributed by atoms with E-state index in [1.165, 1.54) is 5.56 Å². The molecule has 22 heavy (non-hydrogen) atoms. The Morgan fingerprint density at radius 2 is 2.05 bits per heavy atom. The van der Waals surface area contributed by atoms with Gasteiger partial charge in [0.2, 0.25) is 0 Å². The molecule has 0 saturated heterocycles. The molecule has 1 aromatic carbocycles. The maximum atomic E-state index is 5.97. The summed E-state index contributed by atoms with van der Waals surface area (Å²) in [6, 6.07) is 13.7. The highest BCUT2D eigenvalue weighted by atomic mass is 127. The third-order valence-corrected chi connectivity index (χ3v) is 3.22. The molecular weight excluding hydrogens is 411 g/mol. The number of hydrogen-bond acceptors (Lipinski definition) is 2. The van der Waals surface area contributed by atoms with Crippen molar-refractivity contribution in [1.29, 1.82) is 0 Å². The molecule has 2 aromatic rings. The minimum absolute atomic E-state index is 0. The van der Waals surface area contributed by atoms with Gasteiger partial charge in [-0.3, -0.25) is 9.98 Å². The van der Waals surface area contributed by atoms with Crippen molar-refractivity contribution in [2.24, 2.45) is 4.99 Å². The number of aliphatic imine (C=N–C) groups is 1. The summed E-state index contributed by atoms with van der Waals surface area (Å²) in [5.74, 6) is 0.766. The van der Waals surface area contributed by atoms with Crippen LogP contribution in [-0.2, 0) is 13.0 Å². The molecule has 1 aromatic heterocycles. The molecule has 0 aliphatic carbocycles. The van der Waals surface area contributed by atoms with Crippen LogP contribution in [0.15, 0.2) is 53.7 Å². The number of benzene rings is 1. The van der Waals surface area contributed by atoms with Gasteiger partial charge in [0.1, 0.15) is 0 Å². The van der Waals surface area contributed by atoms with Crippen molar-refractivity contribution in [2.45, 2.75) is 13.0 Å². The molecule has 2 rings (SSSR count). The first-order chi connectivity index (χ1) is 10.3. The summed E-state index contributed by atoms with van der Waals surface area (Å²) >= 11 is 5.97. The van der Waals surface area contributed by atoms with E-state index < -0.39 is 0 Å². The lowest BCUT2D eigenvalue weighted by Crippen LogP contribution is -2.38. The maximum Gasteiger partial charge on any atom is 0.191 e. The van der Waals surface area contributed by atoms with Gasteiger partial charge in [-0.05, 0) is 36.2 Å². The summed E-state index contributed by atoms with van der Waals surface area (Å²) in [4.78, 5) is 8.46. The molecular formula is C16H20ClIN4. The second kappa shape index (κ2) is 10.4. The van der Waals surface area contributed by atoms with Crippen molar-refractivity contribution in [3.63, 3.8) is 0 Å². The van der Waals surface area contributed by atoms with E-state index in [1.54, 1.807) is 13.2 Å². The van der Waals surface area contributed by atoms with Crippen molar-refractivity contribution >= 4 is 41.5 Å². The number of guanidine groups is 1. The van der Waals surface area contributed by atoms with Crippen LogP contribution in [0.5, 0.6) is 0 Å². The minimum atomic E-state index is 0. The molecule has 1 heterocycles. The van der Waals surface area contributed by atoms with Crippen LogP contribution in [0.1, 0.15) is 11.3 Å². The topological polar surface area (TPSA) is 49.3 Å². The third kappa shape index (κ3) is 6.62. The zero-order chi connectivity index (χ0) is 14.9. The first kappa shape index (κ1) is 18.7. The number of halogens is 2. The first-order valence-electron chi connectivity index (χ1n) is 6.87. The number of rotatable bonds is 5. The van der Waals surface area contributed by atoms with E-state index in [1.807, 2.05) is 36.4 Å². The van der Waals surface area contributed by atoms with Gasteiger partial charge in [-0.2, -0.15) is 0 Å². The number of hydrogen-bond donors (Lipinski definition) is 2. The Morgan fingerprint density at radius 1 is 1.18 bits per heavy atom. The van der Waals surface area contributed by atoms with Crippen LogP contribution in [0.25, 0.3) is 0 Å². The molecule has 6 heteroatoms. The van der Waals surface area contributed by atoms with Gasteiger partial charge in [-0.15, -0.1) is 24.0 Å². The molecule has 0 unspecified atom stereocenters. The van der Waals surface area contributed by atoms with Gasteiger partial charge in [0.15, 0.2) is 5.96 Å². The molecule has 0 amide bonds. The lowest BCUT2D eigenvalue weighted by molar-refractivity contribution is 0.783. The summed E-state index contributed by atoms with van der Waals surface area (Å²) in [5.41, 5.74) is 2.19. The lowest BCUT2D eigenvalue weighted by Gasteiger charge is -2.11. The molecule has 0 bridgehead atoms. The Morgan fingerprint density at radius 3 is 2.73 bits per heavy atom. The van der Waals surface area contributed by atoms with E-state index in [0.717, 1.165) is 29.6 Å². The van der Waals surface area contributed by atoms with Crippen molar-refractivity contribution in [2.75, 3.05) is 13.6 Å². The van der Waals surface area contributed by atoms with Crippen LogP contribution in [0.3, 0.4) is 0 Å². The Labute approximate surface area is 153 Å². The number of aromatic nitrogens is 1. The fraction of sp³-hybridized carbons (Fsp3) is 0.250. The van der Waals surface area contributed by atoms with Crippen molar-refractivity contribution in [1.82, 2.24) is 15.6 Å². The molecule has 118 valence electrons. The van der Waals surface area contributed by atoms with Crippen molar-refractivity contribution in [3.05, 3.63) is 64.9 Å². The number of nitrogens with one attached hydrogen (secondary N) is 2. The summed E-state index contributed by atoms with van der Waals surface area (Å²) in [6.07, 6.45) is 2.68. The Kier molecular flexibility index (Phi) is 8.84. The molecule has 0 radical (unpaired) electrons. The van der Waals surface area contributed by atoms with Gasteiger partial charge in [-0.1, -0.05) is 29.8 Å². The SMILES string of the molecule is CN=C(NCCc1cccc(Cl)c1)NCc1ccccn1.I. The largest absolute Gasteiger partial charge is 0.356 e. The normalized spacial score (nSPS) is 10.7. The Balaban J connectivity index is 0.00000242. The summed E-state index contributed by atoms with van der Waals surface area (Å²) < 4.78 is 0. The van der Waals surface area contributed by atoms with Crippen LogP contribution >= 0.6 is 35.6 Å². The zero-order valence-corrected chi connectivity index (χ0v) is 15.5. The van der Waals surface area contributed by atoms with E-state index in [-0.39, 0.29) is 24.0 Å². The van der Waals surface area contributed by atoms with Crippen LogP contribution < -0.4 is 10.6 Å². The molecule has 0 saturated carbocycles. The molecule has 4 nitrogen and oxygen atoms in total. The van der Waals surface area contributed by atoms with Gasteiger partial charge in [0, 0.05) is 24.8 Å². The molecule has 0 aliphatic rings. The minimum Gasteiger partial charge on any atom is -0.356 e. The number of pyridine rings is 1. The average molecular weight is 431 g/mol. The van der Waals surface area contributed by atoms with Crippen molar-refractivity contribution in [3.8, 4) is 0 Å².